The second-order valence-corrected chi connectivity index (χ2v) is 5.33. The van der Waals surface area contributed by atoms with Crippen LogP contribution in [0.4, 0.5) is 0 Å². The van der Waals surface area contributed by atoms with Crippen molar-refractivity contribution < 1.29 is 5.11 Å². The molecular formula is C10H23NOS. The van der Waals surface area contributed by atoms with Crippen LogP contribution in [0.2, 0.25) is 0 Å². The van der Waals surface area contributed by atoms with Crippen molar-refractivity contribution in [2.45, 2.75) is 50.7 Å². The van der Waals surface area contributed by atoms with E-state index in [4.69, 9.17) is 5.11 Å². The monoisotopic (exact) mass is 205 g/mol. The maximum Gasteiger partial charge on any atom is 0.0441 e. The van der Waals surface area contributed by atoms with E-state index in [9.17, 15) is 0 Å². The Morgan fingerprint density at radius 1 is 1.31 bits per heavy atom. The topological polar surface area (TPSA) is 32.3 Å². The van der Waals surface area contributed by atoms with Crippen LogP contribution in [0.3, 0.4) is 0 Å². The molecule has 0 aliphatic rings. The Balaban J connectivity index is 3.64. The Bertz CT molecular complexity index is 121. The molecule has 0 saturated heterocycles. The fourth-order valence-corrected chi connectivity index (χ4v) is 2.53. The van der Waals surface area contributed by atoms with E-state index in [1.54, 1.807) is 0 Å². The third-order valence-electron chi connectivity index (χ3n) is 2.21. The minimum atomic E-state index is 0.302. The van der Waals surface area contributed by atoms with E-state index in [-0.39, 0.29) is 0 Å². The van der Waals surface area contributed by atoms with Crippen LogP contribution < -0.4 is 5.32 Å². The summed E-state index contributed by atoms with van der Waals surface area (Å²) < 4.78 is 0. The van der Waals surface area contributed by atoms with E-state index >= 15 is 0 Å². The van der Waals surface area contributed by atoms with Gasteiger partial charge in [-0.15, -0.1) is 0 Å². The lowest BCUT2D eigenvalue weighted by atomic mass is 10.2. The van der Waals surface area contributed by atoms with Gasteiger partial charge in [0.05, 0.1) is 0 Å². The summed E-state index contributed by atoms with van der Waals surface area (Å²) in [5, 5.41) is 13.3. The summed E-state index contributed by atoms with van der Waals surface area (Å²) in [5.41, 5.74) is 0. The minimum absolute atomic E-state index is 0.302. The molecule has 3 heteroatoms. The molecule has 13 heavy (non-hydrogen) atoms. The molecule has 0 heterocycles. The zero-order valence-corrected chi connectivity index (χ0v) is 10.0. The van der Waals surface area contributed by atoms with Crippen molar-refractivity contribution in [3.8, 4) is 0 Å². The zero-order chi connectivity index (χ0) is 10.3. The highest BCUT2D eigenvalue weighted by molar-refractivity contribution is 8.00. The average molecular weight is 205 g/mol. The van der Waals surface area contributed by atoms with Crippen LogP contribution in [0.15, 0.2) is 0 Å². The summed E-state index contributed by atoms with van der Waals surface area (Å²) in [4.78, 5) is 0. The summed E-state index contributed by atoms with van der Waals surface area (Å²) in [6, 6.07) is 0.552. The van der Waals surface area contributed by atoms with E-state index in [2.05, 4.69) is 33.0 Å². The maximum absolute atomic E-state index is 8.76. The summed E-state index contributed by atoms with van der Waals surface area (Å²) in [6.45, 7) is 10.1. The standard InChI is InChI=1S/C10H23NOS/c1-5-11-9(3)10(4)13-8(2)6-7-12/h8-12H,5-7H2,1-4H3. The predicted octanol–water partition coefficient (Wildman–Crippen LogP) is 1.88. The molecule has 0 rings (SSSR count). The summed E-state index contributed by atoms with van der Waals surface area (Å²) in [6.07, 6.45) is 0.897. The molecule has 0 saturated carbocycles. The Kier molecular flexibility index (Phi) is 7.81. The van der Waals surface area contributed by atoms with Crippen LogP contribution in [-0.2, 0) is 0 Å². The van der Waals surface area contributed by atoms with Crippen molar-refractivity contribution in [2.24, 2.45) is 0 Å². The summed E-state index contributed by atoms with van der Waals surface area (Å²) in [7, 11) is 0. The first kappa shape index (κ1) is 13.3. The van der Waals surface area contributed by atoms with Crippen LogP contribution in [0.25, 0.3) is 0 Å². The molecule has 0 aliphatic heterocycles. The second-order valence-electron chi connectivity index (χ2n) is 3.51. The largest absolute Gasteiger partial charge is 0.396 e. The lowest BCUT2D eigenvalue weighted by molar-refractivity contribution is 0.288. The number of thioether (sulfide) groups is 1. The van der Waals surface area contributed by atoms with Gasteiger partial charge in [0.1, 0.15) is 0 Å². The molecule has 80 valence electrons. The van der Waals surface area contributed by atoms with Crippen LogP contribution in [0.5, 0.6) is 0 Å². The first-order valence-corrected chi connectivity index (χ1v) is 6.05. The van der Waals surface area contributed by atoms with Crippen molar-refractivity contribution in [3.05, 3.63) is 0 Å². The summed E-state index contributed by atoms with van der Waals surface area (Å²) in [5.74, 6) is 0. The third-order valence-corrected chi connectivity index (χ3v) is 3.75. The lowest BCUT2D eigenvalue weighted by Crippen LogP contribution is -2.34. The average Bonchev–Trinajstić information content (AvgIpc) is 2.05. The number of aliphatic hydroxyl groups is 1. The molecule has 0 aromatic rings. The normalized spacial score (nSPS) is 18.2. The molecule has 2 N–H and O–H groups in total. The lowest BCUT2D eigenvalue weighted by Gasteiger charge is -2.23. The van der Waals surface area contributed by atoms with E-state index < -0.39 is 0 Å². The van der Waals surface area contributed by atoms with Gasteiger partial charge in [-0.2, -0.15) is 11.8 Å². The molecule has 3 atom stereocenters. The molecule has 0 spiro atoms. The minimum Gasteiger partial charge on any atom is -0.396 e. The Morgan fingerprint density at radius 3 is 2.38 bits per heavy atom. The number of hydrogen-bond donors (Lipinski definition) is 2. The van der Waals surface area contributed by atoms with Gasteiger partial charge >= 0.3 is 0 Å². The Morgan fingerprint density at radius 2 is 1.92 bits per heavy atom. The fraction of sp³-hybridized carbons (Fsp3) is 1.00. The number of rotatable bonds is 7. The van der Waals surface area contributed by atoms with Crippen LogP contribution in [0.1, 0.15) is 34.1 Å². The highest BCUT2D eigenvalue weighted by Gasteiger charge is 2.14. The first-order valence-electron chi connectivity index (χ1n) is 5.11. The van der Waals surface area contributed by atoms with Gasteiger partial charge in [0, 0.05) is 23.1 Å². The first-order chi connectivity index (χ1) is 6.11. The van der Waals surface area contributed by atoms with E-state index in [1.165, 1.54) is 0 Å². The van der Waals surface area contributed by atoms with Gasteiger partial charge in [-0.25, -0.2) is 0 Å². The number of nitrogens with one attached hydrogen (secondary N) is 1. The number of hydrogen-bond acceptors (Lipinski definition) is 3. The second kappa shape index (κ2) is 7.65. The Labute approximate surface area is 86.5 Å². The van der Waals surface area contributed by atoms with E-state index in [1.807, 2.05) is 11.8 Å². The zero-order valence-electron chi connectivity index (χ0n) is 9.21. The van der Waals surface area contributed by atoms with Gasteiger partial charge in [-0.3, -0.25) is 0 Å². The van der Waals surface area contributed by atoms with Crippen LogP contribution in [-0.4, -0.2) is 34.8 Å². The SMILES string of the molecule is CCNC(C)C(C)SC(C)CCO. The van der Waals surface area contributed by atoms with Crippen molar-refractivity contribution in [3.63, 3.8) is 0 Å². The smallest absolute Gasteiger partial charge is 0.0441 e. The molecule has 0 radical (unpaired) electrons. The van der Waals surface area contributed by atoms with Gasteiger partial charge in [0.15, 0.2) is 0 Å². The van der Waals surface area contributed by atoms with Crippen LogP contribution >= 0.6 is 11.8 Å². The summed E-state index contributed by atoms with van der Waals surface area (Å²) >= 11 is 1.95. The molecule has 0 amide bonds. The molecular weight excluding hydrogens is 182 g/mol. The van der Waals surface area contributed by atoms with Crippen molar-refractivity contribution in [2.75, 3.05) is 13.2 Å². The fourth-order valence-electron chi connectivity index (χ4n) is 1.22. The maximum atomic E-state index is 8.76. The molecule has 3 unspecified atom stereocenters. The van der Waals surface area contributed by atoms with Gasteiger partial charge in [0.2, 0.25) is 0 Å². The quantitative estimate of drug-likeness (QED) is 0.665. The van der Waals surface area contributed by atoms with Crippen molar-refractivity contribution in [1.82, 2.24) is 5.32 Å². The highest BCUT2D eigenvalue weighted by Crippen LogP contribution is 2.22. The predicted molar refractivity (Wildman–Crippen MR) is 61.4 cm³/mol. The van der Waals surface area contributed by atoms with Gasteiger partial charge in [-0.05, 0) is 19.9 Å². The van der Waals surface area contributed by atoms with Gasteiger partial charge < -0.3 is 10.4 Å². The van der Waals surface area contributed by atoms with Gasteiger partial charge in [0.25, 0.3) is 0 Å². The van der Waals surface area contributed by atoms with E-state index in [0.29, 0.717) is 23.1 Å². The molecule has 0 aromatic heterocycles. The molecule has 0 aliphatic carbocycles. The van der Waals surface area contributed by atoms with Crippen molar-refractivity contribution in [1.29, 1.82) is 0 Å². The van der Waals surface area contributed by atoms with Crippen LogP contribution in [0, 0.1) is 0 Å². The van der Waals surface area contributed by atoms with E-state index in [0.717, 1.165) is 13.0 Å². The van der Waals surface area contributed by atoms with Crippen molar-refractivity contribution >= 4 is 11.8 Å². The Hall–Kier alpha value is 0.270. The molecule has 0 aromatic carbocycles. The molecule has 0 bridgehead atoms. The molecule has 2 nitrogen and oxygen atoms in total. The molecule has 0 fully saturated rings. The third kappa shape index (κ3) is 6.36. The number of aliphatic hydroxyl groups excluding tert-OH is 1. The van der Waals surface area contributed by atoms with Gasteiger partial charge in [-0.1, -0.05) is 20.8 Å². The highest BCUT2D eigenvalue weighted by atomic mass is 32.2.